The van der Waals surface area contributed by atoms with Crippen LogP contribution in [-0.2, 0) is 4.74 Å². The van der Waals surface area contributed by atoms with Gasteiger partial charge in [-0.2, -0.15) is 0 Å². The molecule has 0 bridgehead atoms. The van der Waals surface area contributed by atoms with Gasteiger partial charge in [0.25, 0.3) is 0 Å². The maximum absolute atomic E-state index is 11.7. The predicted octanol–water partition coefficient (Wildman–Crippen LogP) is 2.46. The first-order valence-corrected chi connectivity index (χ1v) is 6.79. The van der Waals surface area contributed by atoms with E-state index in [2.05, 4.69) is 32.5 Å². The lowest BCUT2D eigenvalue weighted by atomic mass is 10.1. The number of methoxy groups -OCH3 is 1. The number of carbonyl (C=O) groups is 1. The maximum atomic E-state index is 11.7. The normalized spacial score (nSPS) is 15.8. The van der Waals surface area contributed by atoms with E-state index in [1.807, 2.05) is 6.07 Å². The van der Waals surface area contributed by atoms with Crippen molar-refractivity contribution in [3.63, 3.8) is 0 Å². The highest BCUT2D eigenvalue weighted by molar-refractivity contribution is 14.1. The summed E-state index contributed by atoms with van der Waals surface area (Å²) in [6, 6.07) is 1.84. The molecule has 1 aromatic rings. The molecule has 0 radical (unpaired) electrons. The molecular weight excluding hydrogens is 331 g/mol. The Morgan fingerprint density at radius 3 is 2.76 bits per heavy atom. The standard InChI is InChI=1S/C12H15IN2O2/c1-17-12(16)10-7-9(13)8-14-11(10)15-5-3-2-4-6-15/h7-8H,2-6H2,1H3. The van der Waals surface area contributed by atoms with Crippen LogP contribution in [0.4, 0.5) is 5.82 Å². The summed E-state index contributed by atoms with van der Waals surface area (Å²) in [5.74, 6) is 0.452. The minimum Gasteiger partial charge on any atom is -0.465 e. The summed E-state index contributed by atoms with van der Waals surface area (Å²) in [6.07, 6.45) is 5.37. The molecule has 5 heteroatoms. The van der Waals surface area contributed by atoms with Crippen LogP contribution in [0.15, 0.2) is 12.3 Å². The van der Waals surface area contributed by atoms with Crippen LogP contribution >= 0.6 is 22.6 Å². The van der Waals surface area contributed by atoms with Crippen molar-refractivity contribution in [3.05, 3.63) is 21.4 Å². The third kappa shape index (κ3) is 2.88. The molecule has 0 spiro atoms. The van der Waals surface area contributed by atoms with E-state index in [0.29, 0.717) is 5.56 Å². The number of anilines is 1. The van der Waals surface area contributed by atoms with Gasteiger partial charge in [-0.05, 0) is 47.9 Å². The zero-order valence-corrected chi connectivity index (χ0v) is 11.9. The van der Waals surface area contributed by atoms with Crippen LogP contribution < -0.4 is 4.90 Å². The molecule has 0 N–H and O–H groups in total. The van der Waals surface area contributed by atoms with Crippen LogP contribution in [0.5, 0.6) is 0 Å². The quantitative estimate of drug-likeness (QED) is 0.610. The van der Waals surface area contributed by atoms with Gasteiger partial charge in [0.2, 0.25) is 0 Å². The van der Waals surface area contributed by atoms with E-state index in [0.717, 1.165) is 35.3 Å². The Labute approximate surface area is 114 Å². The summed E-state index contributed by atoms with van der Waals surface area (Å²) in [7, 11) is 1.40. The summed E-state index contributed by atoms with van der Waals surface area (Å²) >= 11 is 2.15. The predicted molar refractivity (Wildman–Crippen MR) is 74.4 cm³/mol. The van der Waals surface area contributed by atoms with Crippen molar-refractivity contribution in [2.24, 2.45) is 0 Å². The third-order valence-electron chi connectivity index (χ3n) is 2.89. The molecule has 1 fully saturated rings. The first-order chi connectivity index (χ1) is 8.22. The number of esters is 1. The van der Waals surface area contributed by atoms with Crippen LogP contribution in [0.2, 0.25) is 0 Å². The third-order valence-corrected chi connectivity index (χ3v) is 3.48. The van der Waals surface area contributed by atoms with Crippen molar-refractivity contribution in [3.8, 4) is 0 Å². The second-order valence-corrected chi connectivity index (χ2v) is 5.31. The van der Waals surface area contributed by atoms with Crippen molar-refractivity contribution in [2.75, 3.05) is 25.1 Å². The van der Waals surface area contributed by atoms with E-state index >= 15 is 0 Å². The van der Waals surface area contributed by atoms with Crippen LogP contribution in [-0.4, -0.2) is 31.2 Å². The second kappa shape index (κ2) is 5.66. The van der Waals surface area contributed by atoms with E-state index < -0.39 is 0 Å². The van der Waals surface area contributed by atoms with E-state index in [1.165, 1.54) is 13.5 Å². The summed E-state index contributed by atoms with van der Waals surface area (Å²) in [4.78, 5) is 18.3. The summed E-state index contributed by atoms with van der Waals surface area (Å²) < 4.78 is 5.76. The molecule has 0 unspecified atom stereocenters. The Morgan fingerprint density at radius 1 is 1.41 bits per heavy atom. The molecule has 2 rings (SSSR count). The minimum atomic E-state index is -0.309. The van der Waals surface area contributed by atoms with Gasteiger partial charge < -0.3 is 9.64 Å². The first kappa shape index (κ1) is 12.6. The fourth-order valence-corrected chi connectivity index (χ4v) is 2.50. The van der Waals surface area contributed by atoms with Gasteiger partial charge in [-0.25, -0.2) is 9.78 Å². The van der Waals surface area contributed by atoms with E-state index in [1.54, 1.807) is 6.20 Å². The van der Waals surface area contributed by atoms with E-state index in [-0.39, 0.29) is 5.97 Å². The summed E-state index contributed by atoms with van der Waals surface area (Å²) in [5, 5.41) is 0. The van der Waals surface area contributed by atoms with Gasteiger partial charge in [0.05, 0.1) is 7.11 Å². The molecule has 0 saturated carbocycles. The largest absolute Gasteiger partial charge is 0.465 e. The van der Waals surface area contributed by atoms with E-state index in [9.17, 15) is 4.79 Å². The molecule has 1 saturated heterocycles. The SMILES string of the molecule is COC(=O)c1cc(I)cnc1N1CCCCC1. The molecule has 1 aliphatic rings. The molecule has 2 heterocycles. The highest BCUT2D eigenvalue weighted by Gasteiger charge is 2.20. The number of rotatable bonds is 2. The molecular formula is C12H15IN2O2. The van der Waals surface area contributed by atoms with Crippen molar-refractivity contribution < 1.29 is 9.53 Å². The van der Waals surface area contributed by atoms with Crippen LogP contribution in [0, 0.1) is 3.57 Å². The molecule has 1 aliphatic heterocycles. The Kier molecular flexibility index (Phi) is 4.20. The molecule has 0 amide bonds. The van der Waals surface area contributed by atoms with Gasteiger partial charge in [-0.15, -0.1) is 0 Å². The lowest BCUT2D eigenvalue weighted by Crippen LogP contribution is -2.31. The number of nitrogens with zero attached hydrogens (tertiary/aromatic N) is 2. The van der Waals surface area contributed by atoms with Gasteiger partial charge in [0, 0.05) is 22.9 Å². The average Bonchev–Trinajstić information content (AvgIpc) is 2.38. The lowest BCUT2D eigenvalue weighted by molar-refractivity contribution is 0.0601. The van der Waals surface area contributed by atoms with Crippen molar-refractivity contribution in [1.82, 2.24) is 4.98 Å². The van der Waals surface area contributed by atoms with Crippen LogP contribution in [0.1, 0.15) is 29.6 Å². The molecule has 1 aromatic heterocycles. The van der Waals surface area contributed by atoms with Crippen LogP contribution in [0.3, 0.4) is 0 Å². The van der Waals surface area contributed by atoms with E-state index in [4.69, 9.17) is 4.74 Å². The van der Waals surface area contributed by atoms with Gasteiger partial charge in [0.1, 0.15) is 11.4 Å². The highest BCUT2D eigenvalue weighted by atomic mass is 127. The molecule has 0 aromatic carbocycles. The first-order valence-electron chi connectivity index (χ1n) is 5.71. The highest BCUT2D eigenvalue weighted by Crippen LogP contribution is 2.23. The smallest absolute Gasteiger partial charge is 0.341 e. The lowest BCUT2D eigenvalue weighted by Gasteiger charge is -2.28. The number of pyridine rings is 1. The fraction of sp³-hybridized carbons (Fsp3) is 0.500. The number of hydrogen-bond acceptors (Lipinski definition) is 4. The van der Waals surface area contributed by atoms with Gasteiger partial charge >= 0.3 is 5.97 Å². The van der Waals surface area contributed by atoms with Gasteiger partial charge in [-0.3, -0.25) is 0 Å². The zero-order valence-electron chi connectivity index (χ0n) is 9.78. The molecule has 0 aliphatic carbocycles. The topological polar surface area (TPSA) is 42.4 Å². The molecule has 17 heavy (non-hydrogen) atoms. The number of ether oxygens (including phenoxy) is 1. The number of aromatic nitrogens is 1. The average molecular weight is 346 g/mol. The van der Waals surface area contributed by atoms with Crippen molar-refractivity contribution >= 4 is 34.4 Å². The monoisotopic (exact) mass is 346 g/mol. The minimum absolute atomic E-state index is 0.309. The van der Waals surface area contributed by atoms with Crippen LogP contribution in [0.25, 0.3) is 0 Å². The Balaban J connectivity index is 2.34. The Morgan fingerprint density at radius 2 is 2.12 bits per heavy atom. The van der Waals surface area contributed by atoms with Crippen molar-refractivity contribution in [2.45, 2.75) is 19.3 Å². The van der Waals surface area contributed by atoms with Gasteiger partial charge in [0.15, 0.2) is 0 Å². The van der Waals surface area contributed by atoms with Gasteiger partial charge in [-0.1, -0.05) is 0 Å². The molecule has 0 atom stereocenters. The summed E-state index contributed by atoms with van der Waals surface area (Å²) in [6.45, 7) is 1.94. The Hall–Kier alpha value is -0.850. The number of hydrogen-bond donors (Lipinski definition) is 0. The number of halogens is 1. The van der Waals surface area contributed by atoms with Crippen molar-refractivity contribution in [1.29, 1.82) is 0 Å². The molecule has 4 nitrogen and oxygen atoms in total. The Bertz CT molecular complexity index is 417. The number of piperidine rings is 1. The summed E-state index contributed by atoms with van der Waals surface area (Å²) in [5.41, 5.74) is 0.571. The number of carbonyl (C=O) groups excluding carboxylic acids is 1. The second-order valence-electron chi connectivity index (χ2n) is 4.06. The maximum Gasteiger partial charge on any atom is 0.341 e. The molecule has 92 valence electrons. The fourth-order valence-electron chi connectivity index (χ4n) is 2.05. The zero-order chi connectivity index (χ0) is 12.3.